The van der Waals surface area contributed by atoms with Crippen LogP contribution in [0.4, 0.5) is 5.69 Å². The summed E-state index contributed by atoms with van der Waals surface area (Å²) in [5.41, 5.74) is 9.12. The predicted molar refractivity (Wildman–Crippen MR) is 68.1 cm³/mol. The Labute approximate surface area is 92.4 Å². The van der Waals surface area contributed by atoms with Gasteiger partial charge < -0.3 is 10.6 Å². The van der Waals surface area contributed by atoms with Crippen LogP contribution < -0.4 is 10.6 Å². The van der Waals surface area contributed by atoms with Crippen molar-refractivity contribution in [3.63, 3.8) is 0 Å². The summed E-state index contributed by atoms with van der Waals surface area (Å²) in [6.07, 6.45) is 0.998. The number of benzene rings is 1. The lowest BCUT2D eigenvalue weighted by Crippen LogP contribution is -2.24. The molecule has 0 spiro atoms. The minimum atomic E-state index is 0.680. The van der Waals surface area contributed by atoms with Crippen LogP contribution in [0.15, 0.2) is 30.8 Å². The summed E-state index contributed by atoms with van der Waals surface area (Å²) in [4.78, 5) is 2.15. The van der Waals surface area contributed by atoms with E-state index >= 15 is 0 Å². The molecular weight excluding hydrogens is 184 g/mol. The number of rotatable bonds is 5. The van der Waals surface area contributed by atoms with Crippen molar-refractivity contribution < 1.29 is 0 Å². The monoisotopic (exact) mass is 204 g/mol. The normalized spacial score (nSPS) is 10.1. The smallest absolute Gasteiger partial charge is 0.0364 e. The van der Waals surface area contributed by atoms with Gasteiger partial charge in [-0.25, -0.2) is 0 Å². The first-order valence-electron chi connectivity index (χ1n) is 5.38. The summed E-state index contributed by atoms with van der Waals surface area (Å²) < 4.78 is 0. The molecule has 0 heterocycles. The molecule has 1 aromatic rings. The Hall–Kier alpha value is -1.28. The predicted octanol–water partition coefficient (Wildman–Crippen LogP) is 2.50. The van der Waals surface area contributed by atoms with Crippen LogP contribution in [0.3, 0.4) is 0 Å². The number of anilines is 1. The molecule has 0 amide bonds. The van der Waals surface area contributed by atoms with E-state index in [1.165, 1.54) is 16.8 Å². The molecular formula is C13H20N2. The molecule has 2 N–H and O–H groups in total. The maximum atomic E-state index is 5.51. The third kappa shape index (κ3) is 3.10. The van der Waals surface area contributed by atoms with Crippen LogP contribution in [0.5, 0.6) is 0 Å². The summed E-state index contributed by atoms with van der Waals surface area (Å²) in [7, 11) is 2.05. The quantitative estimate of drug-likeness (QED) is 0.798. The maximum absolute atomic E-state index is 5.51. The fourth-order valence-electron chi connectivity index (χ4n) is 1.48. The van der Waals surface area contributed by atoms with Gasteiger partial charge in [0.05, 0.1) is 0 Å². The van der Waals surface area contributed by atoms with Crippen LogP contribution in [0.1, 0.15) is 18.9 Å². The summed E-state index contributed by atoms with van der Waals surface area (Å²) in [6, 6.07) is 8.47. The third-order valence-electron chi connectivity index (χ3n) is 2.61. The summed E-state index contributed by atoms with van der Waals surface area (Å²) in [5, 5.41) is 0. The molecule has 0 atom stereocenters. The van der Waals surface area contributed by atoms with Crippen LogP contribution in [0.2, 0.25) is 0 Å². The van der Waals surface area contributed by atoms with E-state index in [1.54, 1.807) is 0 Å². The Morgan fingerprint density at radius 3 is 2.40 bits per heavy atom. The first kappa shape index (κ1) is 11.8. The number of nitrogens with zero attached hydrogens (tertiary/aromatic N) is 1. The standard InChI is InChI=1S/C13H20N2/c1-4-11(2)12-5-7-13(8-6-12)15(3)10-9-14/h5-8H,2,4,9-10,14H2,1,3H3. The lowest BCUT2D eigenvalue weighted by atomic mass is 10.1. The van der Waals surface area contributed by atoms with Crippen molar-refractivity contribution in [1.82, 2.24) is 0 Å². The molecule has 0 unspecified atom stereocenters. The fourth-order valence-corrected chi connectivity index (χ4v) is 1.48. The van der Waals surface area contributed by atoms with Crippen LogP contribution in [0.25, 0.3) is 5.57 Å². The van der Waals surface area contributed by atoms with E-state index in [4.69, 9.17) is 5.73 Å². The highest BCUT2D eigenvalue weighted by atomic mass is 15.1. The van der Waals surface area contributed by atoms with Gasteiger partial charge in [-0.1, -0.05) is 25.6 Å². The molecule has 2 heteroatoms. The molecule has 0 fully saturated rings. The van der Waals surface area contributed by atoms with Gasteiger partial charge >= 0.3 is 0 Å². The summed E-state index contributed by atoms with van der Waals surface area (Å²) >= 11 is 0. The van der Waals surface area contributed by atoms with Crippen molar-refractivity contribution >= 4 is 11.3 Å². The number of hydrogen-bond acceptors (Lipinski definition) is 2. The van der Waals surface area contributed by atoms with E-state index < -0.39 is 0 Å². The Kier molecular flexibility index (Phi) is 4.37. The topological polar surface area (TPSA) is 29.3 Å². The highest BCUT2D eigenvalue weighted by Gasteiger charge is 2.00. The van der Waals surface area contributed by atoms with E-state index in [9.17, 15) is 0 Å². The Morgan fingerprint density at radius 2 is 1.93 bits per heavy atom. The molecule has 0 saturated heterocycles. The summed E-state index contributed by atoms with van der Waals surface area (Å²) in [6.45, 7) is 7.71. The highest BCUT2D eigenvalue weighted by Crippen LogP contribution is 2.19. The van der Waals surface area contributed by atoms with Gasteiger partial charge in [0.25, 0.3) is 0 Å². The van der Waals surface area contributed by atoms with Crippen molar-refractivity contribution in [2.45, 2.75) is 13.3 Å². The average Bonchev–Trinajstić information content (AvgIpc) is 2.28. The molecule has 0 aliphatic heterocycles. The van der Waals surface area contributed by atoms with Crippen LogP contribution in [-0.2, 0) is 0 Å². The first-order valence-corrected chi connectivity index (χ1v) is 5.38. The second-order valence-corrected chi connectivity index (χ2v) is 3.71. The van der Waals surface area contributed by atoms with Crippen molar-refractivity contribution in [1.29, 1.82) is 0 Å². The van der Waals surface area contributed by atoms with E-state index in [0.717, 1.165) is 13.0 Å². The zero-order valence-corrected chi connectivity index (χ0v) is 9.66. The number of nitrogens with two attached hydrogens (primary N) is 1. The molecule has 0 aliphatic rings. The van der Waals surface area contributed by atoms with Gasteiger partial charge in [0.2, 0.25) is 0 Å². The van der Waals surface area contributed by atoms with Gasteiger partial charge in [0.1, 0.15) is 0 Å². The van der Waals surface area contributed by atoms with Gasteiger partial charge in [-0.2, -0.15) is 0 Å². The molecule has 2 nitrogen and oxygen atoms in total. The van der Waals surface area contributed by atoms with Crippen LogP contribution in [-0.4, -0.2) is 20.1 Å². The van der Waals surface area contributed by atoms with E-state index in [-0.39, 0.29) is 0 Å². The Balaban J connectivity index is 2.76. The second-order valence-electron chi connectivity index (χ2n) is 3.71. The Bertz CT molecular complexity index is 314. The lowest BCUT2D eigenvalue weighted by molar-refractivity contribution is 0.886. The largest absolute Gasteiger partial charge is 0.373 e. The molecule has 0 aliphatic carbocycles. The second kappa shape index (κ2) is 5.56. The maximum Gasteiger partial charge on any atom is 0.0364 e. The fraction of sp³-hybridized carbons (Fsp3) is 0.385. The molecule has 0 aromatic heterocycles. The molecule has 0 saturated carbocycles. The van der Waals surface area contributed by atoms with Gasteiger partial charge in [0, 0.05) is 25.8 Å². The van der Waals surface area contributed by atoms with E-state index in [1.807, 2.05) is 0 Å². The molecule has 0 bridgehead atoms. The molecule has 82 valence electrons. The average molecular weight is 204 g/mol. The zero-order chi connectivity index (χ0) is 11.3. The van der Waals surface area contributed by atoms with Crippen molar-refractivity contribution in [3.8, 4) is 0 Å². The van der Waals surface area contributed by atoms with Crippen molar-refractivity contribution in [3.05, 3.63) is 36.4 Å². The lowest BCUT2D eigenvalue weighted by Gasteiger charge is -2.18. The van der Waals surface area contributed by atoms with Gasteiger partial charge in [0.15, 0.2) is 0 Å². The minimum Gasteiger partial charge on any atom is -0.373 e. The summed E-state index contributed by atoms with van der Waals surface area (Å²) in [5.74, 6) is 0. The third-order valence-corrected chi connectivity index (χ3v) is 2.61. The number of hydrogen-bond donors (Lipinski definition) is 1. The highest BCUT2D eigenvalue weighted by molar-refractivity contribution is 5.65. The van der Waals surface area contributed by atoms with E-state index in [0.29, 0.717) is 6.54 Å². The zero-order valence-electron chi connectivity index (χ0n) is 9.66. The van der Waals surface area contributed by atoms with Crippen LogP contribution in [0, 0.1) is 0 Å². The van der Waals surface area contributed by atoms with E-state index in [2.05, 4.69) is 49.7 Å². The molecule has 15 heavy (non-hydrogen) atoms. The SMILES string of the molecule is C=C(CC)c1ccc(N(C)CCN)cc1. The molecule has 0 radical (unpaired) electrons. The van der Waals surface area contributed by atoms with Crippen molar-refractivity contribution in [2.75, 3.05) is 25.0 Å². The van der Waals surface area contributed by atoms with Gasteiger partial charge in [-0.3, -0.25) is 0 Å². The van der Waals surface area contributed by atoms with Crippen molar-refractivity contribution in [2.24, 2.45) is 5.73 Å². The molecule has 1 rings (SSSR count). The first-order chi connectivity index (χ1) is 7.19. The number of likely N-dealkylation sites (N-methyl/N-ethyl adjacent to an activating group) is 1. The van der Waals surface area contributed by atoms with Gasteiger partial charge in [-0.05, 0) is 29.7 Å². The number of allylic oxidation sites excluding steroid dienone is 1. The molecule has 1 aromatic carbocycles. The van der Waals surface area contributed by atoms with Crippen LogP contribution >= 0.6 is 0 Å². The Morgan fingerprint density at radius 1 is 1.33 bits per heavy atom. The van der Waals surface area contributed by atoms with Gasteiger partial charge in [-0.15, -0.1) is 0 Å². The minimum absolute atomic E-state index is 0.680.